The maximum absolute atomic E-state index is 9.86. The van der Waals surface area contributed by atoms with Crippen molar-refractivity contribution in [2.75, 3.05) is 20.2 Å². The largest absolute Gasteiger partial charge is 0.503 e. The highest BCUT2D eigenvalue weighted by molar-refractivity contribution is 9.10. The minimum atomic E-state index is 0.139. The summed E-state index contributed by atoms with van der Waals surface area (Å²) in [5.41, 5.74) is 3.72. The molecule has 134 valence electrons. The van der Waals surface area contributed by atoms with Crippen molar-refractivity contribution >= 4 is 15.9 Å². The lowest BCUT2D eigenvalue weighted by molar-refractivity contribution is 0.331. The zero-order chi connectivity index (χ0) is 17.6. The van der Waals surface area contributed by atoms with Crippen molar-refractivity contribution in [1.29, 1.82) is 0 Å². The Bertz CT molecular complexity index is 698. The van der Waals surface area contributed by atoms with Crippen LogP contribution in [0, 0.1) is 0 Å². The van der Waals surface area contributed by atoms with Crippen molar-refractivity contribution < 1.29 is 9.84 Å². The summed E-state index contributed by atoms with van der Waals surface area (Å²) in [5, 5.41) is 13.3. The van der Waals surface area contributed by atoms with E-state index in [0.29, 0.717) is 16.8 Å². The highest BCUT2D eigenvalue weighted by Gasteiger charge is 2.11. The van der Waals surface area contributed by atoms with Crippen molar-refractivity contribution in [3.63, 3.8) is 0 Å². The van der Waals surface area contributed by atoms with Crippen LogP contribution in [0.5, 0.6) is 11.5 Å². The predicted octanol–water partition coefficient (Wildman–Crippen LogP) is 4.05. The molecular formula is C20H25BrN2O2. The Morgan fingerprint density at radius 2 is 1.68 bits per heavy atom. The summed E-state index contributed by atoms with van der Waals surface area (Å²) in [5.74, 6) is 0.622. The van der Waals surface area contributed by atoms with E-state index < -0.39 is 0 Å². The Hall–Kier alpha value is -1.56. The van der Waals surface area contributed by atoms with Gasteiger partial charge in [0.05, 0.1) is 11.6 Å². The summed E-state index contributed by atoms with van der Waals surface area (Å²) >= 11 is 3.36. The third kappa shape index (κ3) is 4.97. The minimum Gasteiger partial charge on any atom is -0.503 e. The Balaban J connectivity index is 1.51. The van der Waals surface area contributed by atoms with Gasteiger partial charge in [-0.05, 0) is 70.7 Å². The van der Waals surface area contributed by atoms with E-state index in [1.54, 1.807) is 7.11 Å². The van der Waals surface area contributed by atoms with Crippen LogP contribution in [0.1, 0.15) is 29.5 Å². The van der Waals surface area contributed by atoms with E-state index in [4.69, 9.17) is 4.74 Å². The summed E-state index contributed by atoms with van der Waals surface area (Å²) in [4.78, 5) is 2.52. The first-order valence-corrected chi connectivity index (χ1v) is 9.51. The number of methoxy groups -OCH3 is 1. The Morgan fingerprint density at radius 3 is 2.36 bits per heavy atom. The second-order valence-electron chi connectivity index (χ2n) is 6.53. The zero-order valence-corrected chi connectivity index (χ0v) is 16.2. The number of phenolic OH excluding ortho intramolecular Hbond substituents is 1. The molecule has 0 aliphatic carbocycles. The monoisotopic (exact) mass is 404 g/mol. The van der Waals surface area contributed by atoms with Crippen molar-refractivity contribution in [1.82, 2.24) is 10.2 Å². The lowest BCUT2D eigenvalue weighted by atomic mass is 10.1. The molecule has 0 amide bonds. The quantitative estimate of drug-likeness (QED) is 0.730. The molecule has 0 aromatic heterocycles. The normalized spacial score (nSPS) is 14.8. The molecule has 25 heavy (non-hydrogen) atoms. The highest BCUT2D eigenvalue weighted by Crippen LogP contribution is 2.35. The molecule has 1 saturated heterocycles. The summed E-state index contributed by atoms with van der Waals surface area (Å²) in [7, 11) is 1.56. The van der Waals surface area contributed by atoms with Gasteiger partial charge >= 0.3 is 0 Å². The first kappa shape index (κ1) is 18.2. The summed E-state index contributed by atoms with van der Waals surface area (Å²) < 4.78 is 5.84. The van der Waals surface area contributed by atoms with E-state index in [1.165, 1.54) is 37.1 Å². The standard InChI is InChI=1S/C20H25BrN2O2/c1-25-19-11-17(10-18(21)20(19)24)13-22-12-15-4-6-16(7-5-15)14-23-8-2-3-9-23/h4-7,10-11,22,24H,2-3,8-9,12-14H2,1H3. The molecule has 2 aromatic carbocycles. The van der Waals surface area contributed by atoms with Crippen LogP contribution in [0.25, 0.3) is 0 Å². The molecule has 5 heteroatoms. The van der Waals surface area contributed by atoms with Crippen LogP contribution in [0.3, 0.4) is 0 Å². The van der Waals surface area contributed by atoms with Crippen LogP contribution >= 0.6 is 15.9 Å². The van der Waals surface area contributed by atoms with Crippen LogP contribution in [0.4, 0.5) is 0 Å². The van der Waals surface area contributed by atoms with Crippen LogP contribution in [0.15, 0.2) is 40.9 Å². The molecule has 3 rings (SSSR count). The topological polar surface area (TPSA) is 44.7 Å². The Labute approximate surface area is 157 Å². The average Bonchev–Trinajstić information content (AvgIpc) is 3.12. The van der Waals surface area contributed by atoms with Gasteiger partial charge in [-0.3, -0.25) is 4.90 Å². The molecule has 1 heterocycles. The molecular weight excluding hydrogens is 380 g/mol. The maximum Gasteiger partial charge on any atom is 0.172 e. The van der Waals surface area contributed by atoms with Crippen molar-refractivity contribution in [3.05, 3.63) is 57.6 Å². The molecule has 0 radical (unpaired) electrons. The average molecular weight is 405 g/mol. The molecule has 0 atom stereocenters. The first-order valence-electron chi connectivity index (χ1n) is 8.72. The number of halogens is 1. The molecule has 2 aromatic rings. The number of benzene rings is 2. The molecule has 0 bridgehead atoms. The fraction of sp³-hybridized carbons (Fsp3) is 0.400. The van der Waals surface area contributed by atoms with Gasteiger partial charge in [0.1, 0.15) is 0 Å². The molecule has 4 nitrogen and oxygen atoms in total. The molecule has 1 fully saturated rings. The number of aromatic hydroxyl groups is 1. The number of rotatable bonds is 7. The third-order valence-corrected chi connectivity index (χ3v) is 5.20. The van der Waals surface area contributed by atoms with Gasteiger partial charge in [0.15, 0.2) is 11.5 Å². The number of phenols is 1. The van der Waals surface area contributed by atoms with Gasteiger partial charge in [-0.25, -0.2) is 0 Å². The molecule has 0 saturated carbocycles. The molecule has 0 spiro atoms. The maximum atomic E-state index is 9.86. The van der Waals surface area contributed by atoms with E-state index in [-0.39, 0.29) is 5.75 Å². The molecule has 2 N–H and O–H groups in total. The zero-order valence-electron chi connectivity index (χ0n) is 14.6. The second-order valence-corrected chi connectivity index (χ2v) is 7.39. The molecule has 1 aliphatic rings. The van der Waals surface area contributed by atoms with Crippen LogP contribution in [-0.4, -0.2) is 30.2 Å². The fourth-order valence-corrected chi connectivity index (χ4v) is 3.69. The number of likely N-dealkylation sites (tertiary alicyclic amines) is 1. The third-order valence-electron chi connectivity index (χ3n) is 4.59. The number of ether oxygens (including phenoxy) is 1. The van der Waals surface area contributed by atoms with Crippen LogP contribution < -0.4 is 10.1 Å². The van der Waals surface area contributed by atoms with E-state index in [1.807, 2.05) is 12.1 Å². The first-order chi connectivity index (χ1) is 12.2. The van der Waals surface area contributed by atoms with E-state index in [2.05, 4.69) is 50.4 Å². The van der Waals surface area contributed by atoms with E-state index >= 15 is 0 Å². The van der Waals surface area contributed by atoms with Gasteiger partial charge in [-0.2, -0.15) is 0 Å². The number of nitrogens with one attached hydrogen (secondary N) is 1. The highest BCUT2D eigenvalue weighted by atomic mass is 79.9. The molecule has 0 unspecified atom stereocenters. The number of hydrogen-bond donors (Lipinski definition) is 2. The van der Waals surface area contributed by atoms with Gasteiger partial charge in [0, 0.05) is 19.6 Å². The molecule has 1 aliphatic heterocycles. The van der Waals surface area contributed by atoms with Crippen molar-refractivity contribution in [3.8, 4) is 11.5 Å². The van der Waals surface area contributed by atoms with E-state index in [9.17, 15) is 5.11 Å². The Morgan fingerprint density at radius 1 is 1.04 bits per heavy atom. The van der Waals surface area contributed by atoms with Crippen LogP contribution in [0.2, 0.25) is 0 Å². The van der Waals surface area contributed by atoms with Gasteiger partial charge < -0.3 is 15.2 Å². The van der Waals surface area contributed by atoms with Gasteiger partial charge in [-0.1, -0.05) is 24.3 Å². The van der Waals surface area contributed by atoms with Crippen LogP contribution in [-0.2, 0) is 19.6 Å². The van der Waals surface area contributed by atoms with E-state index in [0.717, 1.165) is 18.7 Å². The lowest BCUT2D eigenvalue weighted by Crippen LogP contribution is -2.18. The van der Waals surface area contributed by atoms with Gasteiger partial charge in [0.2, 0.25) is 0 Å². The summed E-state index contributed by atoms with van der Waals surface area (Å²) in [6.45, 7) is 5.05. The van der Waals surface area contributed by atoms with Crippen molar-refractivity contribution in [2.45, 2.75) is 32.5 Å². The predicted molar refractivity (Wildman–Crippen MR) is 104 cm³/mol. The second kappa shape index (κ2) is 8.70. The SMILES string of the molecule is COc1cc(CNCc2ccc(CN3CCCC3)cc2)cc(Br)c1O. The van der Waals surface area contributed by atoms with Gasteiger partial charge in [-0.15, -0.1) is 0 Å². The van der Waals surface area contributed by atoms with Gasteiger partial charge in [0.25, 0.3) is 0 Å². The Kier molecular flexibility index (Phi) is 6.34. The minimum absolute atomic E-state index is 0.139. The lowest BCUT2D eigenvalue weighted by Gasteiger charge is -2.15. The summed E-state index contributed by atoms with van der Waals surface area (Å²) in [6, 6.07) is 12.6. The summed E-state index contributed by atoms with van der Waals surface area (Å²) in [6.07, 6.45) is 2.67. The van der Waals surface area contributed by atoms with Crippen molar-refractivity contribution in [2.24, 2.45) is 0 Å². The fourth-order valence-electron chi connectivity index (χ4n) is 3.20. The number of nitrogens with zero attached hydrogens (tertiary/aromatic N) is 1. The smallest absolute Gasteiger partial charge is 0.172 e. The number of hydrogen-bond acceptors (Lipinski definition) is 4.